The Labute approximate surface area is 270 Å². The fourth-order valence-electron chi connectivity index (χ4n) is 5.13. The summed E-state index contributed by atoms with van der Waals surface area (Å²) in [6, 6.07) is 17.6. The molecule has 3 aromatic carbocycles. The van der Waals surface area contributed by atoms with E-state index in [-0.39, 0.29) is 37.9 Å². The lowest BCUT2D eigenvalue weighted by molar-refractivity contribution is -0.142. The Bertz CT molecular complexity index is 1710. The number of carbonyl (C=O) groups excluding carboxylic acids is 4. The van der Waals surface area contributed by atoms with E-state index in [9.17, 15) is 34.2 Å². The molecule has 246 valence electrons. The number of nitrogens with one attached hydrogen (secondary N) is 4. The van der Waals surface area contributed by atoms with Gasteiger partial charge in [0.05, 0.1) is 6.04 Å². The molecule has 10 N–H and O–H groups in total. The molecule has 0 bridgehead atoms. The Morgan fingerprint density at radius 1 is 0.702 bits per heavy atom. The first-order valence-electron chi connectivity index (χ1n) is 15.0. The fourth-order valence-corrected chi connectivity index (χ4v) is 5.13. The number of benzene rings is 3. The zero-order valence-electron chi connectivity index (χ0n) is 25.5. The summed E-state index contributed by atoms with van der Waals surface area (Å²) < 4.78 is 0. The molecule has 13 nitrogen and oxygen atoms in total. The number of carbonyl (C=O) groups is 5. The number of rotatable bonds is 16. The van der Waals surface area contributed by atoms with E-state index in [1.807, 2.05) is 54.6 Å². The van der Waals surface area contributed by atoms with E-state index in [1.54, 1.807) is 18.3 Å². The Morgan fingerprint density at radius 3 is 1.94 bits per heavy atom. The predicted molar refractivity (Wildman–Crippen MR) is 174 cm³/mol. The minimum atomic E-state index is -1.45. The summed E-state index contributed by atoms with van der Waals surface area (Å²) in [6.45, 7) is 0. The second-order valence-corrected chi connectivity index (χ2v) is 11.3. The number of nitrogens with two attached hydrogens (primary N) is 2. The molecule has 4 amide bonds. The Balaban J connectivity index is 1.59. The molecule has 1 aromatic heterocycles. The minimum absolute atomic E-state index is 0.00970. The first-order chi connectivity index (χ1) is 22.5. The molecule has 0 saturated heterocycles. The van der Waals surface area contributed by atoms with Crippen molar-refractivity contribution in [3.8, 4) is 5.75 Å². The summed E-state index contributed by atoms with van der Waals surface area (Å²) in [4.78, 5) is 67.0. The van der Waals surface area contributed by atoms with Gasteiger partial charge >= 0.3 is 5.97 Å². The lowest BCUT2D eigenvalue weighted by Crippen LogP contribution is -2.58. The zero-order valence-corrected chi connectivity index (χ0v) is 25.5. The van der Waals surface area contributed by atoms with Crippen molar-refractivity contribution < 1.29 is 34.2 Å². The number of fused-ring (bicyclic) bond motifs is 1. The topological polar surface area (TPSA) is 230 Å². The molecule has 4 unspecified atom stereocenters. The third-order valence-electron chi connectivity index (χ3n) is 7.67. The normalized spacial score (nSPS) is 13.6. The van der Waals surface area contributed by atoms with Gasteiger partial charge in [-0.05, 0) is 47.7 Å². The van der Waals surface area contributed by atoms with E-state index < -0.39 is 53.8 Å². The Morgan fingerprint density at radius 2 is 1.28 bits per heavy atom. The van der Waals surface area contributed by atoms with Crippen LogP contribution >= 0.6 is 0 Å². The molecule has 0 aliphatic carbocycles. The molecule has 0 spiro atoms. The van der Waals surface area contributed by atoms with E-state index >= 15 is 0 Å². The molecule has 0 fully saturated rings. The number of H-pyrrole nitrogens is 1. The number of primary amides is 1. The van der Waals surface area contributed by atoms with Crippen LogP contribution in [0.5, 0.6) is 5.75 Å². The highest BCUT2D eigenvalue weighted by Crippen LogP contribution is 2.20. The second kappa shape index (κ2) is 16.0. The zero-order chi connectivity index (χ0) is 33.9. The minimum Gasteiger partial charge on any atom is -0.508 e. The SMILES string of the molecule is NC(=O)CCC(NC(=O)C(Cc1ccc(O)cc1)NC(=O)C(Cc1c[nH]c2ccccc12)NC(=O)C(N)Cc1ccccc1)C(=O)O. The average Bonchev–Trinajstić information content (AvgIpc) is 3.46. The van der Waals surface area contributed by atoms with Crippen molar-refractivity contribution >= 4 is 40.5 Å². The van der Waals surface area contributed by atoms with Gasteiger partial charge in [-0.25, -0.2) is 4.79 Å². The van der Waals surface area contributed by atoms with Gasteiger partial charge in [-0.1, -0.05) is 60.7 Å². The molecule has 1 heterocycles. The first-order valence-corrected chi connectivity index (χ1v) is 15.0. The lowest BCUT2D eigenvalue weighted by atomic mass is 10.0. The maximum Gasteiger partial charge on any atom is 0.326 e. The number of aliphatic carboxylic acids is 1. The highest BCUT2D eigenvalue weighted by molar-refractivity contribution is 5.95. The van der Waals surface area contributed by atoms with Crippen LogP contribution in [0.3, 0.4) is 0 Å². The largest absolute Gasteiger partial charge is 0.508 e. The van der Waals surface area contributed by atoms with Gasteiger partial charge in [0.15, 0.2) is 0 Å². The van der Waals surface area contributed by atoms with Crippen LogP contribution in [0.15, 0.2) is 85.1 Å². The number of amides is 4. The van der Waals surface area contributed by atoms with Gasteiger partial charge in [0.25, 0.3) is 0 Å². The van der Waals surface area contributed by atoms with E-state index in [0.29, 0.717) is 5.56 Å². The molecular formula is C34H38N6O7. The number of carboxylic acid groups (broad SMARTS) is 1. The van der Waals surface area contributed by atoms with Crippen LogP contribution in [0.2, 0.25) is 0 Å². The Kier molecular flexibility index (Phi) is 11.7. The summed E-state index contributed by atoms with van der Waals surface area (Å²) in [6.07, 6.45) is 1.38. The molecule has 4 rings (SSSR count). The van der Waals surface area contributed by atoms with Gasteiger partial charge in [0.2, 0.25) is 23.6 Å². The highest BCUT2D eigenvalue weighted by Gasteiger charge is 2.31. The van der Waals surface area contributed by atoms with E-state index in [0.717, 1.165) is 22.0 Å². The van der Waals surface area contributed by atoms with Crippen LogP contribution in [0.25, 0.3) is 10.9 Å². The van der Waals surface area contributed by atoms with E-state index in [2.05, 4.69) is 20.9 Å². The van der Waals surface area contributed by atoms with Gasteiger partial charge in [0, 0.05) is 36.4 Å². The summed E-state index contributed by atoms with van der Waals surface area (Å²) in [5.41, 5.74) is 14.4. The number of aromatic nitrogens is 1. The van der Waals surface area contributed by atoms with Crippen molar-refractivity contribution in [3.05, 3.63) is 102 Å². The number of phenolic OH excluding ortho intramolecular Hbond substituents is 1. The van der Waals surface area contributed by atoms with Crippen molar-refractivity contribution in [2.24, 2.45) is 11.5 Å². The van der Waals surface area contributed by atoms with Crippen molar-refractivity contribution in [2.75, 3.05) is 0 Å². The summed E-state index contributed by atoms with van der Waals surface area (Å²) >= 11 is 0. The highest BCUT2D eigenvalue weighted by atomic mass is 16.4. The standard InChI is InChI=1S/C34H38N6O7/c35-25(16-20-6-2-1-3-7-20)31(43)39-29(18-22-19-37-26-9-5-4-8-24(22)26)33(45)40-28(17-21-10-12-23(41)13-11-21)32(44)38-27(34(46)47)14-15-30(36)42/h1-13,19,25,27-29,37,41H,14-18,35H2,(H2,36,42)(H,38,44)(H,39,43)(H,40,45)(H,46,47). The van der Waals surface area contributed by atoms with Gasteiger partial charge in [0.1, 0.15) is 23.9 Å². The molecule has 4 aromatic rings. The van der Waals surface area contributed by atoms with Crippen molar-refractivity contribution in [2.45, 2.75) is 56.3 Å². The monoisotopic (exact) mass is 642 g/mol. The molecule has 0 aliphatic rings. The molecule has 0 aliphatic heterocycles. The Hall–Kier alpha value is -5.69. The number of aromatic amines is 1. The number of hydrogen-bond donors (Lipinski definition) is 8. The van der Waals surface area contributed by atoms with Crippen molar-refractivity contribution in [1.82, 2.24) is 20.9 Å². The fraction of sp³-hybridized carbons (Fsp3) is 0.265. The maximum atomic E-state index is 13.9. The predicted octanol–water partition coefficient (Wildman–Crippen LogP) is 1.03. The number of phenols is 1. The first kappa shape index (κ1) is 34.2. The lowest BCUT2D eigenvalue weighted by Gasteiger charge is -2.25. The van der Waals surface area contributed by atoms with Crippen LogP contribution in [0.1, 0.15) is 29.5 Å². The molecule has 13 heteroatoms. The third kappa shape index (κ3) is 9.90. The van der Waals surface area contributed by atoms with Crippen LogP contribution in [0.4, 0.5) is 0 Å². The summed E-state index contributed by atoms with van der Waals surface area (Å²) in [5, 5.41) is 28.0. The average molecular weight is 643 g/mol. The number of aromatic hydroxyl groups is 1. The van der Waals surface area contributed by atoms with Crippen LogP contribution in [-0.2, 0) is 43.2 Å². The van der Waals surface area contributed by atoms with Crippen LogP contribution in [0, 0.1) is 0 Å². The number of carboxylic acids is 1. The quantitative estimate of drug-likeness (QED) is 0.0878. The number of hydrogen-bond acceptors (Lipinski definition) is 7. The summed E-state index contributed by atoms with van der Waals surface area (Å²) in [5.74, 6) is -4.25. The van der Waals surface area contributed by atoms with Gasteiger partial charge < -0.3 is 42.6 Å². The number of para-hydroxylation sites is 1. The third-order valence-corrected chi connectivity index (χ3v) is 7.67. The molecule has 0 radical (unpaired) electrons. The molecule has 4 atom stereocenters. The molecule has 0 saturated carbocycles. The van der Waals surface area contributed by atoms with Gasteiger partial charge in [-0.15, -0.1) is 0 Å². The van der Waals surface area contributed by atoms with Gasteiger partial charge in [-0.2, -0.15) is 0 Å². The second-order valence-electron chi connectivity index (χ2n) is 11.3. The summed E-state index contributed by atoms with van der Waals surface area (Å²) in [7, 11) is 0. The maximum absolute atomic E-state index is 13.9. The smallest absolute Gasteiger partial charge is 0.326 e. The van der Waals surface area contributed by atoms with Gasteiger partial charge in [-0.3, -0.25) is 19.2 Å². The molecule has 47 heavy (non-hydrogen) atoms. The molecular weight excluding hydrogens is 604 g/mol. The van der Waals surface area contributed by atoms with Crippen LogP contribution < -0.4 is 27.4 Å². The van der Waals surface area contributed by atoms with Crippen molar-refractivity contribution in [1.29, 1.82) is 0 Å². The van der Waals surface area contributed by atoms with E-state index in [4.69, 9.17) is 11.5 Å². The van der Waals surface area contributed by atoms with Crippen molar-refractivity contribution in [3.63, 3.8) is 0 Å². The van der Waals surface area contributed by atoms with E-state index in [1.165, 1.54) is 12.1 Å². The van der Waals surface area contributed by atoms with Crippen LogP contribution in [-0.4, -0.2) is 69.0 Å².